The van der Waals surface area contributed by atoms with Gasteiger partial charge >= 0.3 is 5.97 Å². The summed E-state index contributed by atoms with van der Waals surface area (Å²) in [4.78, 5) is 23.8. The molecule has 7 heteroatoms. The lowest BCUT2D eigenvalue weighted by Crippen LogP contribution is -2.23. The van der Waals surface area contributed by atoms with Gasteiger partial charge in [0.1, 0.15) is 0 Å². The number of carboxylic acids is 1. The molecule has 20 heavy (non-hydrogen) atoms. The van der Waals surface area contributed by atoms with E-state index in [1.54, 1.807) is 0 Å². The van der Waals surface area contributed by atoms with E-state index in [9.17, 15) is 9.59 Å². The Morgan fingerprint density at radius 3 is 2.90 bits per heavy atom. The van der Waals surface area contributed by atoms with Crippen LogP contribution in [0.4, 0.5) is 5.69 Å². The number of carboxylic acid groups (broad SMARTS) is 1. The lowest BCUT2D eigenvalue weighted by Gasteiger charge is -2.23. The van der Waals surface area contributed by atoms with Crippen LogP contribution < -0.4 is 5.32 Å². The van der Waals surface area contributed by atoms with Crippen LogP contribution in [0, 0.1) is 0 Å². The molecule has 0 spiro atoms. The monoisotopic (exact) mass is 352 g/mol. The molecule has 0 radical (unpaired) electrons. The van der Waals surface area contributed by atoms with Crippen LogP contribution in [0.5, 0.6) is 0 Å². The van der Waals surface area contributed by atoms with Crippen LogP contribution in [0.25, 0.3) is 0 Å². The van der Waals surface area contributed by atoms with Crippen molar-refractivity contribution < 1.29 is 14.7 Å². The third-order valence-corrected chi connectivity index (χ3v) is 4.85. The van der Waals surface area contributed by atoms with Gasteiger partial charge in [0.25, 0.3) is 0 Å². The summed E-state index contributed by atoms with van der Waals surface area (Å²) in [6, 6.07) is 7.62. The number of hydrogen-bond donors (Lipinski definition) is 2. The molecule has 102 valence electrons. The second-order valence-corrected chi connectivity index (χ2v) is 6.06. The minimum atomic E-state index is -1.13. The maximum atomic E-state index is 11.9. The summed E-state index contributed by atoms with van der Waals surface area (Å²) in [5.41, 5.74) is 1.21. The molecule has 1 amide bonds. The van der Waals surface area contributed by atoms with Crippen molar-refractivity contribution in [3.05, 3.63) is 44.9 Å². The summed E-state index contributed by atoms with van der Waals surface area (Å²) >= 11 is 4.60. The van der Waals surface area contributed by atoms with Gasteiger partial charge in [0.05, 0.1) is 10.6 Å². The van der Waals surface area contributed by atoms with Crippen molar-refractivity contribution >= 4 is 45.0 Å². The standard InChI is InChI=1S/C13H9BrN2O3S/c14-8-4-2-1-3-6(8)7-5-9(17)15-10-11(13(18)19)16-20-12(7)10/h1-4,7H,5H2,(H,15,17)(H,18,19)/t7-/m0/s1. The van der Waals surface area contributed by atoms with Crippen LogP contribution in [-0.2, 0) is 4.79 Å². The second-order valence-electron chi connectivity index (χ2n) is 4.40. The van der Waals surface area contributed by atoms with Gasteiger partial charge in [-0.15, -0.1) is 0 Å². The highest BCUT2D eigenvalue weighted by atomic mass is 79.9. The predicted molar refractivity (Wildman–Crippen MR) is 78.3 cm³/mol. The molecule has 0 fully saturated rings. The first-order chi connectivity index (χ1) is 9.58. The molecule has 1 aliphatic heterocycles. The molecule has 0 bridgehead atoms. The van der Waals surface area contributed by atoms with E-state index in [4.69, 9.17) is 5.11 Å². The van der Waals surface area contributed by atoms with E-state index in [0.717, 1.165) is 26.4 Å². The Morgan fingerprint density at radius 1 is 1.45 bits per heavy atom. The van der Waals surface area contributed by atoms with Crippen molar-refractivity contribution in [1.29, 1.82) is 0 Å². The fraction of sp³-hybridized carbons (Fsp3) is 0.154. The highest BCUT2D eigenvalue weighted by molar-refractivity contribution is 9.10. The van der Waals surface area contributed by atoms with Crippen molar-refractivity contribution in [1.82, 2.24) is 4.37 Å². The van der Waals surface area contributed by atoms with Gasteiger partial charge in [-0.05, 0) is 23.2 Å². The number of aromatic nitrogens is 1. The number of fused-ring (bicyclic) bond motifs is 1. The van der Waals surface area contributed by atoms with Gasteiger partial charge in [0.2, 0.25) is 5.91 Å². The molecule has 0 aliphatic carbocycles. The molecule has 2 N–H and O–H groups in total. The number of amides is 1. The molecule has 0 unspecified atom stereocenters. The predicted octanol–water partition coefficient (Wildman–Crippen LogP) is 3.08. The summed E-state index contributed by atoms with van der Waals surface area (Å²) < 4.78 is 4.85. The van der Waals surface area contributed by atoms with E-state index in [1.165, 1.54) is 0 Å². The molecule has 0 saturated heterocycles. The number of carbonyl (C=O) groups is 2. The van der Waals surface area contributed by atoms with Crippen molar-refractivity contribution in [2.24, 2.45) is 0 Å². The van der Waals surface area contributed by atoms with E-state index in [2.05, 4.69) is 25.6 Å². The number of halogens is 1. The zero-order valence-electron chi connectivity index (χ0n) is 10.1. The van der Waals surface area contributed by atoms with Gasteiger partial charge in [-0.2, -0.15) is 4.37 Å². The SMILES string of the molecule is O=C1C[C@@H](c2ccccc2Br)c2snc(C(=O)O)c2N1. The molecule has 2 heterocycles. The van der Waals surface area contributed by atoms with Crippen LogP contribution in [-0.4, -0.2) is 21.4 Å². The molecule has 1 aromatic carbocycles. The maximum absolute atomic E-state index is 11.9. The van der Waals surface area contributed by atoms with Gasteiger partial charge in [-0.1, -0.05) is 34.1 Å². The second kappa shape index (κ2) is 4.99. The highest BCUT2D eigenvalue weighted by Gasteiger charge is 2.33. The summed E-state index contributed by atoms with van der Waals surface area (Å²) in [5.74, 6) is -1.49. The Balaban J connectivity index is 2.14. The van der Waals surface area contributed by atoms with Crippen molar-refractivity contribution in [2.75, 3.05) is 5.32 Å². The van der Waals surface area contributed by atoms with E-state index < -0.39 is 5.97 Å². The van der Waals surface area contributed by atoms with E-state index in [0.29, 0.717) is 5.69 Å². The van der Waals surface area contributed by atoms with Crippen molar-refractivity contribution in [3.63, 3.8) is 0 Å². The zero-order chi connectivity index (χ0) is 14.3. The van der Waals surface area contributed by atoms with Crippen LogP contribution in [0.15, 0.2) is 28.7 Å². The summed E-state index contributed by atoms with van der Waals surface area (Å²) in [7, 11) is 0. The Morgan fingerprint density at radius 2 is 2.20 bits per heavy atom. The van der Waals surface area contributed by atoms with Gasteiger partial charge < -0.3 is 10.4 Å². The van der Waals surface area contributed by atoms with Crippen LogP contribution in [0.3, 0.4) is 0 Å². The topological polar surface area (TPSA) is 79.3 Å². The molecule has 5 nitrogen and oxygen atoms in total. The van der Waals surface area contributed by atoms with Crippen LogP contribution in [0.2, 0.25) is 0 Å². The lowest BCUT2D eigenvalue weighted by molar-refractivity contribution is -0.116. The lowest BCUT2D eigenvalue weighted by atomic mass is 9.90. The van der Waals surface area contributed by atoms with Gasteiger partial charge in [-0.3, -0.25) is 4.79 Å². The number of rotatable bonds is 2. The quantitative estimate of drug-likeness (QED) is 0.870. The summed E-state index contributed by atoms with van der Waals surface area (Å²) in [6.45, 7) is 0. The fourth-order valence-corrected chi connectivity index (χ4v) is 3.78. The molecular formula is C13H9BrN2O3S. The zero-order valence-corrected chi connectivity index (χ0v) is 12.5. The number of nitrogens with one attached hydrogen (secondary N) is 1. The molecule has 3 rings (SSSR count). The fourth-order valence-electron chi connectivity index (χ4n) is 2.28. The largest absolute Gasteiger partial charge is 0.476 e. The normalized spacial score (nSPS) is 17.4. The molecule has 1 atom stereocenters. The van der Waals surface area contributed by atoms with Gasteiger partial charge in [0.15, 0.2) is 5.69 Å². The molecule has 1 aromatic heterocycles. The van der Waals surface area contributed by atoms with Gasteiger partial charge in [0, 0.05) is 16.8 Å². The Kier molecular flexibility index (Phi) is 3.31. The minimum absolute atomic E-state index is 0.0879. The third kappa shape index (κ3) is 2.12. The van der Waals surface area contributed by atoms with Crippen LogP contribution in [0.1, 0.15) is 33.3 Å². The van der Waals surface area contributed by atoms with Crippen LogP contribution >= 0.6 is 27.5 Å². The Bertz CT molecular complexity index is 713. The first kappa shape index (κ1) is 13.3. The number of benzene rings is 1. The van der Waals surface area contributed by atoms with Gasteiger partial charge in [-0.25, -0.2) is 4.79 Å². The molecular weight excluding hydrogens is 344 g/mol. The number of hydrogen-bond acceptors (Lipinski definition) is 4. The average Bonchev–Trinajstić information content (AvgIpc) is 2.82. The summed E-state index contributed by atoms with van der Waals surface area (Å²) in [6.07, 6.45) is 0.289. The number of carbonyl (C=O) groups excluding carboxylic acids is 1. The van der Waals surface area contributed by atoms with Crippen molar-refractivity contribution in [3.8, 4) is 0 Å². The van der Waals surface area contributed by atoms with E-state index in [-0.39, 0.29) is 23.9 Å². The number of aromatic carboxylic acids is 1. The highest BCUT2D eigenvalue weighted by Crippen LogP contribution is 2.43. The average molecular weight is 353 g/mol. The molecule has 1 aliphatic rings. The Labute approximate surface area is 126 Å². The number of nitrogens with zero attached hydrogens (tertiary/aromatic N) is 1. The molecule has 2 aromatic rings. The van der Waals surface area contributed by atoms with E-state index >= 15 is 0 Å². The van der Waals surface area contributed by atoms with Crippen molar-refractivity contribution in [2.45, 2.75) is 12.3 Å². The van der Waals surface area contributed by atoms with E-state index in [1.807, 2.05) is 24.3 Å². The third-order valence-electron chi connectivity index (χ3n) is 3.17. The summed E-state index contributed by atoms with van der Waals surface area (Å²) in [5, 5.41) is 11.7. The Hall–Kier alpha value is -1.73. The first-order valence-electron chi connectivity index (χ1n) is 5.85. The maximum Gasteiger partial charge on any atom is 0.357 e. The number of anilines is 1. The first-order valence-corrected chi connectivity index (χ1v) is 7.41. The smallest absolute Gasteiger partial charge is 0.357 e. The minimum Gasteiger partial charge on any atom is -0.476 e. The molecule has 0 saturated carbocycles.